The number of nitrogens with zero attached hydrogens (tertiary/aromatic N) is 4. The quantitative estimate of drug-likeness (QED) is 0.326. The van der Waals surface area contributed by atoms with E-state index in [1.54, 1.807) is 41.1 Å². The van der Waals surface area contributed by atoms with Gasteiger partial charge in [0.05, 0.1) is 17.2 Å². The maximum absolute atomic E-state index is 13.3. The lowest BCUT2D eigenvalue weighted by molar-refractivity contribution is -0.384. The zero-order chi connectivity index (χ0) is 23.4. The zero-order valence-corrected chi connectivity index (χ0v) is 17.4. The summed E-state index contributed by atoms with van der Waals surface area (Å²) in [6, 6.07) is 18.3. The molecule has 0 unspecified atom stereocenters. The summed E-state index contributed by atoms with van der Waals surface area (Å²) >= 11 is 0. The largest absolute Gasteiger partial charge is 0.463 e. The average molecular weight is 447 g/mol. The number of carbonyl (C=O) groups is 1. The number of aromatic nitrogens is 3. The van der Waals surface area contributed by atoms with Crippen molar-refractivity contribution in [2.24, 2.45) is 0 Å². The second kappa shape index (κ2) is 9.27. The molecule has 1 aromatic heterocycles. The number of benzene rings is 3. The van der Waals surface area contributed by atoms with Crippen LogP contribution in [0.2, 0.25) is 0 Å². The third-order valence-corrected chi connectivity index (χ3v) is 4.67. The fourth-order valence-electron chi connectivity index (χ4n) is 3.07. The summed E-state index contributed by atoms with van der Waals surface area (Å²) in [7, 11) is 0. The van der Waals surface area contributed by atoms with Gasteiger partial charge >= 0.3 is 6.01 Å². The summed E-state index contributed by atoms with van der Waals surface area (Å²) in [4.78, 5) is 27.1. The Balaban J connectivity index is 1.57. The minimum Gasteiger partial charge on any atom is -0.463 e. The topological polar surface area (TPSA) is 112 Å². The van der Waals surface area contributed by atoms with E-state index < -0.39 is 10.8 Å². The van der Waals surface area contributed by atoms with Crippen molar-refractivity contribution in [1.29, 1.82) is 0 Å². The van der Waals surface area contributed by atoms with Crippen LogP contribution in [0.25, 0.3) is 17.1 Å². The molecule has 4 rings (SSSR count). The zero-order valence-electron chi connectivity index (χ0n) is 17.4. The van der Waals surface area contributed by atoms with Crippen molar-refractivity contribution in [3.05, 3.63) is 94.3 Å². The van der Waals surface area contributed by atoms with Crippen molar-refractivity contribution in [1.82, 2.24) is 14.8 Å². The Bertz CT molecular complexity index is 1290. The lowest BCUT2D eigenvalue weighted by atomic mass is 10.2. The third-order valence-electron chi connectivity index (χ3n) is 4.67. The van der Waals surface area contributed by atoms with Crippen LogP contribution in [0.5, 0.6) is 6.01 Å². The fraction of sp³-hybridized carbons (Fsp3) is 0.0870. The van der Waals surface area contributed by atoms with Gasteiger partial charge in [-0.1, -0.05) is 0 Å². The Morgan fingerprint density at radius 3 is 2.33 bits per heavy atom. The molecule has 0 aliphatic carbocycles. The van der Waals surface area contributed by atoms with E-state index in [2.05, 4.69) is 15.4 Å². The van der Waals surface area contributed by atoms with Gasteiger partial charge in [0.1, 0.15) is 5.82 Å². The molecule has 33 heavy (non-hydrogen) atoms. The van der Waals surface area contributed by atoms with E-state index in [0.29, 0.717) is 34.9 Å². The molecule has 9 nitrogen and oxygen atoms in total. The standard InChI is InChI=1S/C23H18FN5O4/c1-2-33-23-26-21(15-3-7-17(24)8-4-15)28(27-23)19-13-9-18(10-14-19)25-22(30)16-5-11-20(12-6-16)29(31)32/h3-14H,2H2,1H3,(H,25,30). The highest BCUT2D eigenvalue weighted by Crippen LogP contribution is 2.25. The van der Waals surface area contributed by atoms with Gasteiger partial charge in [-0.2, -0.15) is 4.98 Å². The van der Waals surface area contributed by atoms with Crippen LogP contribution < -0.4 is 10.1 Å². The molecule has 10 heteroatoms. The van der Waals surface area contributed by atoms with Gasteiger partial charge in [-0.25, -0.2) is 9.07 Å². The Labute approximate surface area is 187 Å². The Morgan fingerprint density at radius 2 is 1.73 bits per heavy atom. The Morgan fingerprint density at radius 1 is 1.06 bits per heavy atom. The SMILES string of the molecule is CCOc1nc(-c2ccc(F)cc2)n(-c2ccc(NC(=O)c3ccc([N+](=O)[O-])cc3)cc2)n1. The van der Waals surface area contributed by atoms with E-state index in [1.807, 2.05) is 6.92 Å². The number of nitro groups is 1. The predicted octanol–water partition coefficient (Wildman–Crippen LogP) is 4.63. The first kappa shape index (κ1) is 21.6. The molecule has 0 saturated carbocycles. The average Bonchev–Trinajstić information content (AvgIpc) is 3.24. The first-order chi connectivity index (χ1) is 15.9. The van der Waals surface area contributed by atoms with E-state index in [9.17, 15) is 19.3 Å². The van der Waals surface area contributed by atoms with Gasteiger partial charge in [-0.15, -0.1) is 5.10 Å². The van der Waals surface area contributed by atoms with Gasteiger partial charge in [-0.3, -0.25) is 14.9 Å². The number of hydrogen-bond donors (Lipinski definition) is 1. The number of nitrogens with one attached hydrogen (secondary N) is 1. The molecule has 4 aromatic rings. The molecule has 0 aliphatic rings. The third kappa shape index (κ3) is 4.85. The number of non-ortho nitro benzene ring substituents is 1. The molecule has 0 radical (unpaired) electrons. The first-order valence-corrected chi connectivity index (χ1v) is 9.96. The van der Waals surface area contributed by atoms with E-state index in [4.69, 9.17) is 4.74 Å². The minimum absolute atomic E-state index is 0.0906. The van der Waals surface area contributed by atoms with E-state index in [0.717, 1.165) is 0 Å². The van der Waals surface area contributed by atoms with Crippen molar-refractivity contribution in [2.75, 3.05) is 11.9 Å². The molecule has 1 amide bonds. The number of anilines is 1. The van der Waals surface area contributed by atoms with Crippen LogP contribution in [0.15, 0.2) is 72.8 Å². The van der Waals surface area contributed by atoms with Gasteiger partial charge in [0.25, 0.3) is 11.6 Å². The van der Waals surface area contributed by atoms with Gasteiger partial charge in [0, 0.05) is 28.9 Å². The van der Waals surface area contributed by atoms with Crippen LogP contribution >= 0.6 is 0 Å². The van der Waals surface area contributed by atoms with Gasteiger partial charge in [0.15, 0.2) is 5.82 Å². The molecule has 0 aliphatic heterocycles. The summed E-state index contributed by atoms with van der Waals surface area (Å²) in [5, 5.41) is 17.9. The Kier molecular flexibility index (Phi) is 6.07. The lowest BCUT2D eigenvalue weighted by Gasteiger charge is -2.08. The van der Waals surface area contributed by atoms with Crippen LogP contribution in [0.3, 0.4) is 0 Å². The normalized spacial score (nSPS) is 10.6. The minimum atomic E-state index is -0.526. The van der Waals surface area contributed by atoms with Crippen LogP contribution in [-0.2, 0) is 0 Å². The fourth-order valence-corrected chi connectivity index (χ4v) is 3.07. The van der Waals surface area contributed by atoms with Crippen molar-refractivity contribution < 1.29 is 18.8 Å². The predicted molar refractivity (Wildman–Crippen MR) is 119 cm³/mol. The number of ether oxygens (including phenoxy) is 1. The second-order valence-electron chi connectivity index (χ2n) is 6.87. The van der Waals surface area contributed by atoms with E-state index in [1.165, 1.54) is 36.4 Å². The van der Waals surface area contributed by atoms with Crippen LogP contribution in [-0.4, -0.2) is 32.2 Å². The highest BCUT2D eigenvalue weighted by atomic mass is 19.1. The lowest BCUT2D eigenvalue weighted by Crippen LogP contribution is -2.12. The van der Waals surface area contributed by atoms with Gasteiger partial charge < -0.3 is 10.1 Å². The highest BCUT2D eigenvalue weighted by molar-refractivity contribution is 6.04. The highest BCUT2D eigenvalue weighted by Gasteiger charge is 2.15. The molecule has 0 spiro atoms. The van der Waals surface area contributed by atoms with Gasteiger partial charge in [0.2, 0.25) is 0 Å². The number of rotatable bonds is 7. The molecule has 1 N–H and O–H groups in total. The first-order valence-electron chi connectivity index (χ1n) is 9.96. The van der Waals surface area contributed by atoms with Gasteiger partial charge in [-0.05, 0) is 67.6 Å². The number of carbonyl (C=O) groups excluding carboxylic acids is 1. The van der Waals surface area contributed by atoms with Crippen molar-refractivity contribution in [3.63, 3.8) is 0 Å². The molecule has 1 heterocycles. The van der Waals surface area contributed by atoms with Crippen molar-refractivity contribution in [2.45, 2.75) is 6.92 Å². The molecule has 0 bridgehead atoms. The number of hydrogen-bond acceptors (Lipinski definition) is 6. The second-order valence-corrected chi connectivity index (χ2v) is 6.87. The molecule has 3 aromatic carbocycles. The number of amides is 1. The molecule has 166 valence electrons. The maximum atomic E-state index is 13.3. The summed E-state index contributed by atoms with van der Waals surface area (Å²) in [5.41, 5.74) is 2.04. The number of nitro benzene ring substituents is 1. The van der Waals surface area contributed by atoms with Crippen molar-refractivity contribution in [3.8, 4) is 23.1 Å². The van der Waals surface area contributed by atoms with Crippen molar-refractivity contribution >= 4 is 17.3 Å². The number of halogens is 1. The van der Waals surface area contributed by atoms with E-state index >= 15 is 0 Å². The van der Waals surface area contributed by atoms with Crippen LogP contribution in [0.4, 0.5) is 15.8 Å². The Hall–Kier alpha value is -4.60. The molecule has 0 saturated heterocycles. The molecular formula is C23H18FN5O4. The smallest absolute Gasteiger partial charge is 0.336 e. The van der Waals surface area contributed by atoms with Crippen LogP contribution in [0, 0.1) is 15.9 Å². The molecule has 0 atom stereocenters. The maximum Gasteiger partial charge on any atom is 0.336 e. The van der Waals surface area contributed by atoms with Crippen LogP contribution in [0.1, 0.15) is 17.3 Å². The summed E-state index contributed by atoms with van der Waals surface area (Å²) in [6.45, 7) is 2.21. The monoisotopic (exact) mass is 447 g/mol. The summed E-state index contributed by atoms with van der Waals surface area (Å²) in [5.74, 6) is -0.284. The molecular weight excluding hydrogens is 429 g/mol. The summed E-state index contributed by atoms with van der Waals surface area (Å²) < 4.78 is 20.3. The van der Waals surface area contributed by atoms with E-state index in [-0.39, 0.29) is 17.5 Å². The summed E-state index contributed by atoms with van der Waals surface area (Å²) in [6.07, 6.45) is 0. The molecule has 0 fully saturated rings.